The van der Waals surface area contributed by atoms with Crippen LogP contribution >= 0.6 is 0 Å². The molecule has 0 saturated carbocycles. The van der Waals surface area contributed by atoms with E-state index in [1.807, 2.05) is 91.9 Å². The molecule has 2 aromatic rings. The van der Waals surface area contributed by atoms with Gasteiger partial charge < -0.3 is 4.90 Å². The van der Waals surface area contributed by atoms with Crippen LogP contribution in [0.15, 0.2) is 48.5 Å². The van der Waals surface area contributed by atoms with Crippen molar-refractivity contribution in [1.29, 1.82) is 0 Å². The zero-order valence-electron chi connectivity index (χ0n) is 16.6. The third-order valence-corrected chi connectivity index (χ3v) is 3.68. The highest BCUT2D eigenvalue weighted by atomic mass is 16.2. The van der Waals surface area contributed by atoms with Crippen molar-refractivity contribution in [3.63, 3.8) is 0 Å². The van der Waals surface area contributed by atoms with E-state index < -0.39 is 0 Å². The van der Waals surface area contributed by atoms with Gasteiger partial charge in [-0.3, -0.25) is 4.79 Å². The molecule has 2 heteroatoms. The van der Waals surface area contributed by atoms with Gasteiger partial charge in [-0.05, 0) is 24.1 Å². The lowest BCUT2D eigenvalue weighted by Crippen LogP contribution is -2.29. The molecule has 0 N–H and O–H groups in total. The van der Waals surface area contributed by atoms with E-state index in [1.165, 1.54) is 5.56 Å². The number of carbonyl (C=O) groups excluding carboxylic acids is 1. The number of hydrogen-bond donors (Lipinski definition) is 0. The molecule has 3 rings (SSSR count). The number of hydrogen-bond acceptors (Lipinski definition) is 1. The molecule has 0 bridgehead atoms. The van der Waals surface area contributed by atoms with Gasteiger partial charge in [0.15, 0.2) is 0 Å². The molecule has 0 fully saturated rings. The van der Waals surface area contributed by atoms with Crippen LogP contribution in [0.5, 0.6) is 0 Å². The zero-order chi connectivity index (χ0) is 18.7. The number of fused-ring (bicyclic) bond motifs is 3. The molecule has 1 unspecified atom stereocenters. The Balaban J connectivity index is 0.000000798. The molecule has 2 nitrogen and oxygen atoms in total. The molecule has 0 saturated heterocycles. The van der Waals surface area contributed by atoms with Gasteiger partial charge in [-0.25, -0.2) is 0 Å². The van der Waals surface area contributed by atoms with Gasteiger partial charge in [0.25, 0.3) is 0 Å². The Morgan fingerprint density at radius 2 is 1.21 bits per heavy atom. The average Bonchev–Trinajstić information content (AvgIpc) is 2.77. The molecular weight excluding hydrogens is 294 g/mol. The minimum absolute atomic E-state index is 0.0985. The third-order valence-electron chi connectivity index (χ3n) is 3.68. The molecule has 2 aromatic carbocycles. The normalized spacial score (nSPS) is 14.2. The minimum atomic E-state index is -0.0985. The average molecular weight is 328 g/mol. The van der Waals surface area contributed by atoms with Crippen molar-refractivity contribution < 1.29 is 4.79 Å². The van der Waals surface area contributed by atoms with E-state index in [0.29, 0.717) is 0 Å². The fraction of sp³-hybridized carbons (Fsp3) is 0.409. The van der Waals surface area contributed by atoms with Gasteiger partial charge >= 0.3 is 0 Å². The van der Waals surface area contributed by atoms with E-state index in [1.54, 1.807) is 4.90 Å². The van der Waals surface area contributed by atoms with Crippen LogP contribution in [0.4, 0.5) is 5.69 Å². The number of nitrogens with zero attached hydrogens (tertiary/aromatic N) is 1. The summed E-state index contributed by atoms with van der Waals surface area (Å²) in [4.78, 5) is 14.2. The molecule has 0 radical (unpaired) electrons. The highest BCUT2D eigenvalue weighted by Crippen LogP contribution is 2.39. The van der Waals surface area contributed by atoms with Crippen molar-refractivity contribution in [2.24, 2.45) is 0 Å². The Hall–Kier alpha value is -2.09. The summed E-state index contributed by atoms with van der Waals surface area (Å²) >= 11 is 0. The van der Waals surface area contributed by atoms with Crippen LogP contribution in [0.25, 0.3) is 11.1 Å². The first kappa shape index (κ1) is 21.9. The second kappa shape index (κ2) is 11.4. The van der Waals surface area contributed by atoms with E-state index in [2.05, 4.69) is 12.1 Å². The van der Waals surface area contributed by atoms with Gasteiger partial charge in [0.2, 0.25) is 5.91 Å². The van der Waals surface area contributed by atoms with Crippen LogP contribution in [0.1, 0.15) is 59.9 Å². The van der Waals surface area contributed by atoms with Crippen molar-refractivity contribution in [1.82, 2.24) is 0 Å². The predicted octanol–water partition coefficient (Wildman–Crippen LogP) is 6.51. The number of carbonyl (C=O) groups is 1. The summed E-state index contributed by atoms with van der Waals surface area (Å²) in [5.41, 5.74) is 4.39. The molecule has 1 aliphatic rings. The first-order valence-electron chi connectivity index (χ1n) is 9.16. The van der Waals surface area contributed by atoms with E-state index in [9.17, 15) is 4.79 Å². The van der Waals surface area contributed by atoms with E-state index in [0.717, 1.165) is 16.8 Å². The molecule has 1 aliphatic heterocycles. The van der Waals surface area contributed by atoms with Crippen LogP contribution in [-0.2, 0) is 4.79 Å². The zero-order valence-corrected chi connectivity index (χ0v) is 16.6. The molecule has 1 heterocycles. The second-order valence-corrected chi connectivity index (χ2v) is 4.72. The minimum Gasteiger partial charge on any atom is -0.314 e. The number of para-hydroxylation sites is 1. The lowest BCUT2D eigenvalue weighted by Gasteiger charge is -2.19. The smallest absolute Gasteiger partial charge is 0.234 e. The van der Waals surface area contributed by atoms with Crippen LogP contribution in [0, 0.1) is 0 Å². The van der Waals surface area contributed by atoms with Gasteiger partial charge in [-0.15, -0.1) is 0 Å². The Morgan fingerprint density at radius 1 is 0.750 bits per heavy atom. The summed E-state index contributed by atoms with van der Waals surface area (Å²) in [6.45, 7) is 14.0. The van der Waals surface area contributed by atoms with Crippen LogP contribution < -0.4 is 4.90 Å². The number of benzene rings is 2. The maximum Gasteiger partial charge on any atom is 0.234 e. The number of likely N-dealkylation sites (N-methyl/N-ethyl adjacent to an activating group) is 1. The quantitative estimate of drug-likeness (QED) is 0.540. The summed E-state index contributed by atoms with van der Waals surface area (Å²) in [7, 11) is 1.85. The third kappa shape index (κ3) is 4.47. The number of amides is 1. The Labute approximate surface area is 148 Å². The molecular formula is C22H33NO. The lowest BCUT2D eigenvalue weighted by molar-refractivity contribution is -0.119. The highest BCUT2D eigenvalue weighted by Gasteiger charge is 2.28. The SMILES string of the molecule is CC.CC.CC.CC1C(=O)N(C)c2ccccc2-c2ccccc21. The maximum absolute atomic E-state index is 12.4. The van der Waals surface area contributed by atoms with Gasteiger partial charge in [0.1, 0.15) is 0 Å². The van der Waals surface area contributed by atoms with Crippen molar-refractivity contribution in [3.05, 3.63) is 54.1 Å². The second-order valence-electron chi connectivity index (χ2n) is 4.72. The van der Waals surface area contributed by atoms with Gasteiger partial charge in [0, 0.05) is 12.6 Å². The van der Waals surface area contributed by atoms with Crippen molar-refractivity contribution in [2.45, 2.75) is 54.4 Å². The predicted molar refractivity (Wildman–Crippen MR) is 108 cm³/mol. The van der Waals surface area contributed by atoms with Gasteiger partial charge in [-0.1, -0.05) is 84.0 Å². The van der Waals surface area contributed by atoms with Crippen molar-refractivity contribution in [3.8, 4) is 11.1 Å². The van der Waals surface area contributed by atoms with Crippen LogP contribution in [-0.4, -0.2) is 13.0 Å². The molecule has 1 amide bonds. The standard InChI is InChI=1S/C16H15NO.3C2H6/c1-11-12-7-3-4-8-13(12)14-9-5-6-10-15(14)17(2)16(11)18;3*1-2/h3-11H,1-2H3;3*1-2H3. The Kier molecular flexibility index (Phi) is 10.4. The molecule has 0 aromatic heterocycles. The summed E-state index contributed by atoms with van der Waals surface area (Å²) < 4.78 is 0. The molecule has 0 spiro atoms. The topological polar surface area (TPSA) is 20.3 Å². The first-order valence-corrected chi connectivity index (χ1v) is 9.16. The van der Waals surface area contributed by atoms with Crippen molar-refractivity contribution in [2.75, 3.05) is 11.9 Å². The highest BCUT2D eigenvalue weighted by molar-refractivity contribution is 6.04. The first-order chi connectivity index (χ1) is 11.7. The fourth-order valence-corrected chi connectivity index (χ4v) is 2.66. The Bertz CT molecular complexity index is 565. The molecule has 24 heavy (non-hydrogen) atoms. The molecule has 0 aliphatic carbocycles. The maximum atomic E-state index is 12.4. The largest absolute Gasteiger partial charge is 0.314 e. The van der Waals surface area contributed by atoms with Crippen molar-refractivity contribution >= 4 is 11.6 Å². The van der Waals surface area contributed by atoms with E-state index in [-0.39, 0.29) is 11.8 Å². The summed E-state index contributed by atoms with van der Waals surface area (Å²) in [6, 6.07) is 16.2. The molecule has 1 atom stereocenters. The summed E-state index contributed by atoms with van der Waals surface area (Å²) in [5.74, 6) is 0.0472. The number of rotatable bonds is 0. The summed E-state index contributed by atoms with van der Waals surface area (Å²) in [5, 5.41) is 0. The number of anilines is 1. The Morgan fingerprint density at radius 3 is 1.79 bits per heavy atom. The van der Waals surface area contributed by atoms with Gasteiger partial charge in [0.05, 0.1) is 11.6 Å². The van der Waals surface area contributed by atoms with E-state index >= 15 is 0 Å². The van der Waals surface area contributed by atoms with Gasteiger partial charge in [-0.2, -0.15) is 0 Å². The monoisotopic (exact) mass is 327 g/mol. The lowest BCUT2D eigenvalue weighted by atomic mass is 9.92. The van der Waals surface area contributed by atoms with Crippen LogP contribution in [0.3, 0.4) is 0 Å². The van der Waals surface area contributed by atoms with E-state index in [4.69, 9.17) is 0 Å². The van der Waals surface area contributed by atoms with Crippen LogP contribution in [0.2, 0.25) is 0 Å². The summed E-state index contributed by atoms with van der Waals surface area (Å²) in [6.07, 6.45) is 0. The fourth-order valence-electron chi connectivity index (χ4n) is 2.66. The molecule has 132 valence electrons.